The lowest BCUT2D eigenvalue weighted by Crippen LogP contribution is -2.39. The highest BCUT2D eigenvalue weighted by Crippen LogP contribution is 2.37. The Balaban J connectivity index is 1.23. The molecule has 25 heavy (non-hydrogen) atoms. The van der Waals surface area contributed by atoms with E-state index in [2.05, 4.69) is 33.6 Å². The van der Waals surface area contributed by atoms with Gasteiger partial charge in [0.2, 0.25) is 5.91 Å². The van der Waals surface area contributed by atoms with Crippen LogP contribution in [0.5, 0.6) is 0 Å². The third kappa shape index (κ3) is 5.40. The third-order valence-electron chi connectivity index (χ3n) is 4.91. The molecule has 1 N–H and O–H groups in total. The van der Waals surface area contributed by atoms with Crippen LogP contribution in [0.15, 0.2) is 40.6 Å². The standard InChI is InChI=1S/C20H25N3O2/c1-2-3-10-20(22-23-20)11-9-19(24)21-14-17-12-18(13-17)25-15-16-7-5-4-6-8-16/h1,4-8,17-18H,3,9-15H2,(H,21,24). The number of rotatable bonds is 10. The van der Waals surface area contributed by atoms with E-state index < -0.39 is 0 Å². The molecule has 0 bridgehead atoms. The summed E-state index contributed by atoms with van der Waals surface area (Å²) in [5.41, 5.74) is 0.838. The maximum Gasteiger partial charge on any atom is 0.220 e. The molecule has 1 aromatic rings. The van der Waals surface area contributed by atoms with Crippen molar-refractivity contribution >= 4 is 5.91 Å². The zero-order valence-electron chi connectivity index (χ0n) is 14.5. The molecule has 0 radical (unpaired) electrons. The van der Waals surface area contributed by atoms with Gasteiger partial charge in [-0.25, -0.2) is 0 Å². The van der Waals surface area contributed by atoms with Crippen LogP contribution in [0.3, 0.4) is 0 Å². The smallest absolute Gasteiger partial charge is 0.220 e. The van der Waals surface area contributed by atoms with Crippen molar-refractivity contribution in [1.82, 2.24) is 5.32 Å². The van der Waals surface area contributed by atoms with Crippen LogP contribution in [0.4, 0.5) is 0 Å². The molecule has 1 aromatic carbocycles. The fourth-order valence-electron chi connectivity index (χ4n) is 3.09. The lowest BCUT2D eigenvalue weighted by Gasteiger charge is -2.35. The SMILES string of the molecule is C#CCCC1(CCC(=O)NCC2CC(OCc3ccccc3)C2)N=N1. The molecule has 132 valence electrons. The first-order valence-electron chi connectivity index (χ1n) is 8.99. The fraction of sp³-hybridized carbons (Fsp3) is 0.550. The highest BCUT2D eigenvalue weighted by molar-refractivity contribution is 5.76. The average Bonchev–Trinajstić information content (AvgIpc) is 3.38. The first-order chi connectivity index (χ1) is 12.2. The molecular weight excluding hydrogens is 314 g/mol. The number of benzene rings is 1. The number of nitrogens with zero attached hydrogens (tertiary/aromatic N) is 2. The van der Waals surface area contributed by atoms with E-state index in [0.29, 0.717) is 37.9 Å². The molecule has 3 rings (SSSR count). The quantitative estimate of drug-likeness (QED) is 0.664. The summed E-state index contributed by atoms with van der Waals surface area (Å²) in [5, 5.41) is 11.1. The number of hydrogen-bond donors (Lipinski definition) is 1. The molecule has 1 amide bonds. The zero-order valence-corrected chi connectivity index (χ0v) is 14.5. The minimum absolute atomic E-state index is 0.0750. The molecule has 5 heteroatoms. The van der Waals surface area contributed by atoms with Crippen molar-refractivity contribution < 1.29 is 9.53 Å². The van der Waals surface area contributed by atoms with E-state index >= 15 is 0 Å². The van der Waals surface area contributed by atoms with E-state index in [9.17, 15) is 4.79 Å². The van der Waals surface area contributed by atoms with Gasteiger partial charge in [-0.1, -0.05) is 30.3 Å². The minimum Gasteiger partial charge on any atom is -0.374 e. The summed E-state index contributed by atoms with van der Waals surface area (Å²) >= 11 is 0. The highest BCUT2D eigenvalue weighted by Gasteiger charge is 2.39. The predicted molar refractivity (Wildman–Crippen MR) is 95.6 cm³/mol. The molecule has 0 atom stereocenters. The van der Waals surface area contributed by atoms with E-state index in [1.165, 1.54) is 5.56 Å². The van der Waals surface area contributed by atoms with Crippen molar-refractivity contribution in [3.63, 3.8) is 0 Å². The number of nitrogens with one attached hydrogen (secondary N) is 1. The number of hydrogen-bond acceptors (Lipinski definition) is 4. The van der Waals surface area contributed by atoms with Crippen molar-refractivity contribution in [2.45, 2.75) is 56.9 Å². The first-order valence-corrected chi connectivity index (χ1v) is 8.99. The van der Waals surface area contributed by atoms with Crippen LogP contribution in [-0.4, -0.2) is 24.2 Å². The van der Waals surface area contributed by atoms with E-state index in [1.54, 1.807) is 0 Å². The molecule has 1 fully saturated rings. The van der Waals surface area contributed by atoms with Crippen molar-refractivity contribution in [1.29, 1.82) is 0 Å². The maximum absolute atomic E-state index is 12.0. The Hall–Kier alpha value is -2.19. The second kappa shape index (κ2) is 8.26. The molecular formula is C20H25N3O2. The van der Waals surface area contributed by atoms with Gasteiger partial charge in [-0.3, -0.25) is 4.79 Å². The molecule has 0 saturated heterocycles. The van der Waals surface area contributed by atoms with Gasteiger partial charge in [0.25, 0.3) is 0 Å². The number of carbonyl (C=O) groups excluding carboxylic acids is 1. The van der Waals surface area contributed by atoms with E-state index in [0.717, 1.165) is 25.8 Å². The van der Waals surface area contributed by atoms with Gasteiger partial charge in [0.15, 0.2) is 5.66 Å². The Morgan fingerprint density at radius 3 is 2.72 bits per heavy atom. The summed E-state index contributed by atoms with van der Waals surface area (Å²) in [6.07, 6.45) is 10.1. The molecule has 0 unspecified atom stereocenters. The lowest BCUT2D eigenvalue weighted by molar-refractivity contribution is -0.122. The Morgan fingerprint density at radius 1 is 1.28 bits per heavy atom. The van der Waals surface area contributed by atoms with Crippen molar-refractivity contribution in [2.24, 2.45) is 16.1 Å². The van der Waals surface area contributed by atoms with Crippen LogP contribution in [0, 0.1) is 18.3 Å². The van der Waals surface area contributed by atoms with Gasteiger partial charge < -0.3 is 10.1 Å². The van der Waals surface area contributed by atoms with Gasteiger partial charge in [-0.05, 0) is 24.3 Å². The highest BCUT2D eigenvalue weighted by atomic mass is 16.5. The van der Waals surface area contributed by atoms with Crippen molar-refractivity contribution in [3.8, 4) is 12.3 Å². The Labute approximate surface area is 149 Å². The van der Waals surface area contributed by atoms with Crippen LogP contribution in [-0.2, 0) is 16.1 Å². The van der Waals surface area contributed by atoms with E-state index in [1.807, 2.05) is 18.2 Å². The summed E-state index contributed by atoms with van der Waals surface area (Å²) in [6, 6.07) is 10.2. The summed E-state index contributed by atoms with van der Waals surface area (Å²) in [4.78, 5) is 12.0. The van der Waals surface area contributed by atoms with Gasteiger partial charge in [-0.15, -0.1) is 12.3 Å². The second-order valence-corrected chi connectivity index (χ2v) is 6.95. The summed E-state index contributed by atoms with van der Waals surface area (Å²) < 4.78 is 5.89. The monoisotopic (exact) mass is 339 g/mol. The van der Waals surface area contributed by atoms with Crippen LogP contribution in [0.2, 0.25) is 0 Å². The zero-order chi connectivity index (χ0) is 17.5. The molecule has 1 aliphatic heterocycles. The lowest BCUT2D eigenvalue weighted by atomic mass is 9.82. The summed E-state index contributed by atoms with van der Waals surface area (Å²) in [5.74, 6) is 3.20. The van der Waals surface area contributed by atoms with Crippen LogP contribution < -0.4 is 5.32 Å². The molecule has 1 saturated carbocycles. The maximum atomic E-state index is 12.0. The third-order valence-corrected chi connectivity index (χ3v) is 4.91. The van der Waals surface area contributed by atoms with E-state index in [-0.39, 0.29) is 11.6 Å². The second-order valence-electron chi connectivity index (χ2n) is 6.95. The largest absolute Gasteiger partial charge is 0.374 e. The Bertz CT molecular complexity index is 639. The molecule has 1 heterocycles. The van der Waals surface area contributed by atoms with Gasteiger partial charge in [0.05, 0.1) is 12.7 Å². The first kappa shape index (κ1) is 17.6. The average molecular weight is 339 g/mol. The molecule has 2 aliphatic rings. The summed E-state index contributed by atoms with van der Waals surface area (Å²) in [7, 11) is 0. The van der Waals surface area contributed by atoms with Gasteiger partial charge in [0, 0.05) is 32.2 Å². The van der Waals surface area contributed by atoms with E-state index in [4.69, 9.17) is 11.2 Å². The molecule has 0 aromatic heterocycles. The van der Waals surface area contributed by atoms with Crippen molar-refractivity contribution in [3.05, 3.63) is 35.9 Å². The summed E-state index contributed by atoms with van der Waals surface area (Å²) in [6.45, 7) is 1.40. The van der Waals surface area contributed by atoms with Gasteiger partial charge >= 0.3 is 0 Å². The topological polar surface area (TPSA) is 63.0 Å². The predicted octanol–water partition coefficient (Wildman–Crippen LogP) is 3.45. The number of ether oxygens (including phenoxy) is 1. The number of carbonyl (C=O) groups is 1. The van der Waals surface area contributed by atoms with Gasteiger partial charge in [0.1, 0.15) is 0 Å². The Morgan fingerprint density at radius 2 is 2.04 bits per heavy atom. The molecule has 0 spiro atoms. The molecule has 1 aliphatic carbocycles. The number of amides is 1. The van der Waals surface area contributed by atoms with Crippen LogP contribution >= 0.6 is 0 Å². The van der Waals surface area contributed by atoms with Crippen LogP contribution in [0.1, 0.15) is 44.1 Å². The normalized spacial score (nSPS) is 22.7. The molecule has 5 nitrogen and oxygen atoms in total. The fourth-order valence-corrected chi connectivity index (χ4v) is 3.09. The van der Waals surface area contributed by atoms with Gasteiger partial charge in [-0.2, -0.15) is 10.2 Å². The van der Waals surface area contributed by atoms with Crippen molar-refractivity contribution in [2.75, 3.05) is 6.54 Å². The number of terminal acetylenes is 1. The minimum atomic E-state index is -0.365. The van der Waals surface area contributed by atoms with Crippen LogP contribution in [0.25, 0.3) is 0 Å². The Kier molecular flexibility index (Phi) is 5.83.